The van der Waals surface area contributed by atoms with Crippen LogP contribution in [0.5, 0.6) is 0 Å². The summed E-state index contributed by atoms with van der Waals surface area (Å²) in [6.45, 7) is 5.11. The minimum atomic E-state index is -0.232. The van der Waals surface area contributed by atoms with Gasteiger partial charge in [0.1, 0.15) is 11.6 Å². The van der Waals surface area contributed by atoms with E-state index in [1.807, 2.05) is 26.0 Å². The van der Waals surface area contributed by atoms with Crippen molar-refractivity contribution in [1.29, 1.82) is 0 Å². The number of nitrogens with one attached hydrogen (secondary N) is 1. The number of hydrogen-bond acceptors (Lipinski definition) is 3. The Labute approximate surface area is 123 Å². The molecule has 0 saturated carbocycles. The zero-order valence-electron chi connectivity index (χ0n) is 12.3. The minimum Gasteiger partial charge on any atom is -0.394 e. The van der Waals surface area contributed by atoms with Crippen molar-refractivity contribution in [3.8, 4) is 0 Å². The van der Waals surface area contributed by atoms with Crippen LogP contribution in [0, 0.1) is 19.7 Å². The van der Waals surface area contributed by atoms with Crippen molar-refractivity contribution < 1.29 is 9.50 Å². The number of benzene rings is 1. The highest BCUT2D eigenvalue weighted by Gasteiger charge is 2.09. The Bertz CT molecular complexity index is 617. The molecule has 2 aromatic rings. The molecule has 0 aliphatic rings. The molecular formula is C16H20FN3O. The van der Waals surface area contributed by atoms with Crippen LogP contribution in [0.3, 0.4) is 0 Å². The maximum atomic E-state index is 12.8. The quantitative estimate of drug-likeness (QED) is 0.859. The van der Waals surface area contributed by atoms with Crippen molar-refractivity contribution in [3.63, 3.8) is 0 Å². The third-order valence-electron chi connectivity index (χ3n) is 3.31. The third kappa shape index (κ3) is 3.92. The van der Waals surface area contributed by atoms with E-state index in [0.717, 1.165) is 22.6 Å². The number of halogens is 1. The summed E-state index contributed by atoms with van der Waals surface area (Å²) in [6.07, 6.45) is 3.90. The van der Waals surface area contributed by atoms with Crippen LogP contribution >= 0.6 is 0 Å². The van der Waals surface area contributed by atoms with Gasteiger partial charge in [0.2, 0.25) is 0 Å². The molecule has 2 N–H and O–H groups in total. The van der Waals surface area contributed by atoms with E-state index < -0.39 is 0 Å². The molecule has 21 heavy (non-hydrogen) atoms. The molecular weight excluding hydrogens is 269 g/mol. The van der Waals surface area contributed by atoms with E-state index in [1.165, 1.54) is 12.1 Å². The first-order valence-electron chi connectivity index (χ1n) is 6.92. The number of aliphatic hydroxyl groups excluding tert-OH is 1. The number of aliphatic hydroxyl groups is 1. The average molecular weight is 289 g/mol. The van der Waals surface area contributed by atoms with Gasteiger partial charge in [-0.1, -0.05) is 24.3 Å². The number of aryl methyl sites for hydroxylation is 1. The third-order valence-corrected chi connectivity index (χ3v) is 3.31. The van der Waals surface area contributed by atoms with Crippen molar-refractivity contribution in [3.05, 3.63) is 53.0 Å². The fraction of sp³-hybridized carbons (Fsp3) is 0.312. The molecule has 0 radical (unpaired) electrons. The second kappa shape index (κ2) is 7.04. The van der Waals surface area contributed by atoms with Gasteiger partial charge in [-0.25, -0.2) is 9.07 Å². The van der Waals surface area contributed by atoms with Crippen LogP contribution in [-0.2, 0) is 6.54 Å². The summed E-state index contributed by atoms with van der Waals surface area (Å²) in [7, 11) is 0. The molecule has 0 spiro atoms. The molecule has 0 amide bonds. The molecule has 1 heterocycles. The van der Waals surface area contributed by atoms with Gasteiger partial charge in [0.05, 0.1) is 18.8 Å². The summed E-state index contributed by atoms with van der Waals surface area (Å²) in [5.74, 6) is 0.689. The van der Waals surface area contributed by atoms with Gasteiger partial charge in [0, 0.05) is 12.1 Å². The Morgan fingerprint density at radius 2 is 2.00 bits per heavy atom. The Hall–Kier alpha value is -2.14. The number of hydrogen-bond donors (Lipinski definition) is 2. The van der Waals surface area contributed by atoms with Gasteiger partial charge >= 0.3 is 0 Å². The lowest BCUT2D eigenvalue weighted by Gasteiger charge is -2.08. The van der Waals surface area contributed by atoms with Crippen molar-refractivity contribution in [2.45, 2.75) is 20.4 Å². The fourth-order valence-electron chi connectivity index (χ4n) is 2.08. The smallest absolute Gasteiger partial charge is 0.127 e. The van der Waals surface area contributed by atoms with Crippen LogP contribution in [0.2, 0.25) is 0 Å². The highest BCUT2D eigenvalue weighted by atomic mass is 19.1. The molecule has 1 aromatic carbocycles. The number of aromatic nitrogens is 2. The van der Waals surface area contributed by atoms with E-state index in [2.05, 4.69) is 10.4 Å². The monoisotopic (exact) mass is 289 g/mol. The van der Waals surface area contributed by atoms with Crippen LogP contribution in [0.15, 0.2) is 30.3 Å². The highest BCUT2D eigenvalue weighted by Crippen LogP contribution is 2.18. The predicted octanol–water partition coefficient (Wildman–Crippen LogP) is 2.76. The molecule has 0 saturated heterocycles. The van der Waals surface area contributed by atoms with Gasteiger partial charge in [-0.15, -0.1) is 0 Å². The van der Waals surface area contributed by atoms with Crippen molar-refractivity contribution in [2.75, 3.05) is 18.5 Å². The molecule has 0 bridgehead atoms. The van der Waals surface area contributed by atoms with Crippen molar-refractivity contribution in [1.82, 2.24) is 9.78 Å². The molecule has 112 valence electrons. The Kier molecular flexibility index (Phi) is 5.11. The lowest BCUT2D eigenvalue weighted by atomic mass is 10.2. The first-order chi connectivity index (χ1) is 10.1. The number of anilines is 1. The predicted molar refractivity (Wildman–Crippen MR) is 82.7 cm³/mol. The molecule has 0 atom stereocenters. The zero-order valence-corrected chi connectivity index (χ0v) is 12.3. The maximum absolute atomic E-state index is 12.8. The summed E-state index contributed by atoms with van der Waals surface area (Å²) >= 11 is 0. The van der Waals surface area contributed by atoms with Crippen LogP contribution < -0.4 is 5.32 Å². The van der Waals surface area contributed by atoms with E-state index in [9.17, 15) is 4.39 Å². The van der Waals surface area contributed by atoms with Crippen LogP contribution in [0.25, 0.3) is 6.08 Å². The topological polar surface area (TPSA) is 50.1 Å². The normalized spacial score (nSPS) is 11.2. The molecule has 4 nitrogen and oxygen atoms in total. The number of nitrogens with zero attached hydrogens (tertiary/aromatic N) is 2. The Balaban J connectivity index is 1.98. The van der Waals surface area contributed by atoms with E-state index in [4.69, 9.17) is 5.11 Å². The van der Waals surface area contributed by atoms with Gasteiger partial charge in [0.25, 0.3) is 0 Å². The van der Waals surface area contributed by atoms with Crippen molar-refractivity contribution >= 4 is 11.9 Å². The van der Waals surface area contributed by atoms with Crippen molar-refractivity contribution in [2.24, 2.45) is 0 Å². The van der Waals surface area contributed by atoms with Gasteiger partial charge in [-0.2, -0.15) is 5.10 Å². The van der Waals surface area contributed by atoms with Gasteiger partial charge in [-0.3, -0.25) is 0 Å². The second-order valence-corrected chi connectivity index (χ2v) is 4.84. The van der Waals surface area contributed by atoms with Crippen LogP contribution in [0.4, 0.5) is 10.2 Å². The highest BCUT2D eigenvalue weighted by molar-refractivity contribution is 5.51. The Morgan fingerprint density at radius 1 is 1.29 bits per heavy atom. The fourth-order valence-corrected chi connectivity index (χ4v) is 2.08. The average Bonchev–Trinajstić information content (AvgIpc) is 2.73. The van der Waals surface area contributed by atoms with E-state index in [1.54, 1.807) is 16.8 Å². The largest absolute Gasteiger partial charge is 0.394 e. The number of rotatable bonds is 6. The second-order valence-electron chi connectivity index (χ2n) is 4.84. The van der Waals surface area contributed by atoms with E-state index in [0.29, 0.717) is 13.1 Å². The molecule has 5 heteroatoms. The van der Waals surface area contributed by atoms with Gasteiger partial charge in [0.15, 0.2) is 0 Å². The van der Waals surface area contributed by atoms with Crippen LogP contribution in [-0.4, -0.2) is 28.0 Å². The first-order valence-corrected chi connectivity index (χ1v) is 6.92. The summed E-state index contributed by atoms with van der Waals surface area (Å²) in [5.41, 5.74) is 2.99. The Morgan fingerprint density at radius 3 is 2.67 bits per heavy atom. The van der Waals surface area contributed by atoms with Gasteiger partial charge < -0.3 is 10.4 Å². The molecule has 0 unspecified atom stereocenters. The van der Waals surface area contributed by atoms with E-state index >= 15 is 0 Å². The summed E-state index contributed by atoms with van der Waals surface area (Å²) in [5, 5.41) is 16.7. The van der Waals surface area contributed by atoms with Crippen LogP contribution in [0.1, 0.15) is 16.8 Å². The SMILES string of the molecule is Cc1nn(CCO)c(NCC=Cc2ccc(F)cc2)c1C. The maximum Gasteiger partial charge on any atom is 0.127 e. The summed E-state index contributed by atoms with van der Waals surface area (Å²) in [6, 6.07) is 6.35. The lowest BCUT2D eigenvalue weighted by molar-refractivity contribution is 0.270. The van der Waals surface area contributed by atoms with Gasteiger partial charge in [-0.05, 0) is 31.5 Å². The molecule has 0 fully saturated rings. The molecule has 2 rings (SSSR count). The molecule has 0 aliphatic carbocycles. The summed E-state index contributed by atoms with van der Waals surface area (Å²) < 4.78 is 14.6. The standard InChI is InChI=1S/C16H20FN3O/c1-12-13(2)19-20(10-11-21)16(12)18-9-3-4-14-5-7-15(17)8-6-14/h3-8,18,21H,9-11H2,1-2H3. The lowest BCUT2D eigenvalue weighted by Crippen LogP contribution is -2.10. The zero-order chi connectivity index (χ0) is 15.2. The minimum absolute atomic E-state index is 0.0562. The van der Waals surface area contributed by atoms with E-state index in [-0.39, 0.29) is 12.4 Å². The first kappa shape index (κ1) is 15.3. The molecule has 1 aromatic heterocycles. The molecule has 0 aliphatic heterocycles. The summed E-state index contributed by atoms with van der Waals surface area (Å²) in [4.78, 5) is 0.